The highest BCUT2D eigenvalue weighted by Crippen LogP contribution is 2.39. The first-order valence-corrected chi connectivity index (χ1v) is 8.65. The number of aromatic hydroxyl groups is 1. The minimum Gasteiger partial charge on any atom is -0.507 e. The van der Waals surface area contributed by atoms with Gasteiger partial charge in [-0.25, -0.2) is 0 Å². The number of nitrogens with zero attached hydrogens (tertiary/aromatic N) is 1. The van der Waals surface area contributed by atoms with Crippen molar-refractivity contribution in [3.8, 4) is 11.5 Å². The first-order valence-electron chi connectivity index (χ1n) is 8.65. The summed E-state index contributed by atoms with van der Waals surface area (Å²) in [6, 6.07) is 5.90. The number of phenols is 1. The number of piperidine rings is 1. The van der Waals surface area contributed by atoms with E-state index in [9.17, 15) is 9.90 Å². The fraction of sp³-hybridized carbons (Fsp3) is 0.611. The van der Waals surface area contributed by atoms with Crippen molar-refractivity contribution < 1.29 is 19.4 Å². The molecule has 3 saturated heterocycles. The number of methoxy groups -OCH3 is 1. The Hall–Kier alpha value is -1.79. The van der Waals surface area contributed by atoms with Gasteiger partial charge in [0.2, 0.25) is 0 Å². The number of amides is 1. The fourth-order valence-corrected chi connectivity index (χ4v) is 4.53. The highest BCUT2D eigenvalue weighted by atomic mass is 16.5. The van der Waals surface area contributed by atoms with Crippen molar-refractivity contribution in [1.82, 2.24) is 10.2 Å². The Morgan fingerprint density at radius 2 is 2.12 bits per heavy atom. The zero-order valence-corrected chi connectivity index (χ0v) is 14.0. The number of carbonyl (C=O) groups excluding carboxylic acids is 1. The molecular formula is C18H24N2O4. The monoisotopic (exact) mass is 332 g/mol. The van der Waals surface area contributed by atoms with Crippen molar-refractivity contribution in [2.45, 2.75) is 43.4 Å². The van der Waals surface area contributed by atoms with E-state index in [1.807, 2.05) is 4.90 Å². The minimum absolute atomic E-state index is 0.0368. The molecule has 2 bridgehead atoms. The van der Waals surface area contributed by atoms with Gasteiger partial charge < -0.3 is 24.8 Å². The van der Waals surface area contributed by atoms with Crippen LogP contribution in [0.25, 0.3) is 0 Å². The summed E-state index contributed by atoms with van der Waals surface area (Å²) < 4.78 is 11.4. The molecule has 1 aromatic rings. The van der Waals surface area contributed by atoms with Gasteiger partial charge in [-0.2, -0.15) is 0 Å². The molecule has 0 radical (unpaired) electrons. The number of nitrogens with one attached hydrogen (secondary N) is 1. The summed E-state index contributed by atoms with van der Waals surface area (Å²) in [5, 5.41) is 13.8. The number of carbonyl (C=O) groups is 1. The van der Waals surface area contributed by atoms with E-state index in [2.05, 4.69) is 5.32 Å². The number of rotatable bonds is 2. The van der Waals surface area contributed by atoms with E-state index in [0.717, 1.165) is 12.8 Å². The highest BCUT2D eigenvalue weighted by Gasteiger charge is 2.47. The van der Waals surface area contributed by atoms with Crippen molar-refractivity contribution in [1.29, 1.82) is 0 Å². The number of hydrogen-bond donors (Lipinski definition) is 2. The van der Waals surface area contributed by atoms with Crippen LogP contribution < -0.4 is 10.1 Å². The molecule has 6 nitrogen and oxygen atoms in total. The molecule has 1 spiro atoms. The fourth-order valence-electron chi connectivity index (χ4n) is 4.53. The second-order valence-electron chi connectivity index (χ2n) is 7.16. The normalized spacial score (nSPS) is 32.1. The lowest BCUT2D eigenvalue weighted by atomic mass is 9.85. The van der Waals surface area contributed by atoms with Gasteiger partial charge in [0.15, 0.2) is 0 Å². The van der Waals surface area contributed by atoms with Gasteiger partial charge in [0.05, 0.1) is 25.9 Å². The predicted octanol–water partition coefficient (Wildman–Crippen LogP) is 1.53. The zero-order valence-electron chi connectivity index (χ0n) is 14.0. The highest BCUT2D eigenvalue weighted by molar-refractivity contribution is 5.99. The molecule has 1 amide bonds. The Morgan fingerprint density at radius 1 is 1.38 bits per heavy atom. The number of benzene rings is 1. The van der Waals surface area contributed by atoms with Crippen molar-refractivity contribution in [3.63, 3.8) is 0 Å². The zero-order chi connectivity index (χ0) is 16.7. The lowest BCUT2D eigenvalue weighted by molar-refractivity contribution is -0.122. The SMILES string of the molecule is COc1cccc(O)c1C(=O)N1CCOC2(C[C@H]3CC[C@@H](C2)N3)C1. The Kier molecular flexibility index (Phi) is 3.89. The largest absolute Gasteiger partial charge is 0.507 e. The Balaban J connectivity index is 1.57. The van der Waals surface area contributed by atoms with Crippen molar-refractivity contribution in [2.24, 2.45) is 0 Å². The standard InChI is InChI=1S/C18H24N2O4/c1-23-15-4-2-3-14(21)16(15)17(22)20-7-8-24-18(11-20)9-12-5-6-13(10-18)19-12/h2-4,12-13,19,21H,5-11H2,1H3/t12-,13+,18?. The maximum atomic E-state index is 13.0. The molecule has 1 unspecified atom stereocenters. The molecule has 0 aromatic heterocycles. The summed E-state index contributed by atoms with van der Waals surface area (Å²) in [5.74, 6) is 0.190. The third-order valence-electron chi connectivity index (χ3n) is 5.55. The molecule has 24 heavy (non-hydrogen) atoms. The molecule has 2 N–H and O–H groups in total. The average molecular weight is 332 g/mol. The summed E-state index contributed by atoms with van der Waals surface area (Å²) >= 11 is 0. The molecule has 4 rings (SSSR count). The number of fused-ring (bicyclic) bond motifs is 2. The molecule has 3 aliphatic heterocycles. The summed E-state index contributed by atoms with van der Waals surface area (Å²) in [7, 11) is 1.51. The molecule has 3 aliphatic rings. The van der Waals surface area contributed by atoms with E-state index in [0.29, 0.717) is 37.5 Å². The molecule has 0 saturated carbocycles. The lowest BCUT2D eigenvalue weighted by Gasteiger charge is -2.47. The molecular weight excluding hydrogens is 308 g/mol. The smallest absolute Gasteiger partial charge is 0.261 e. The Labute approximate surface area is 141 Å². The van der Waals surface area contributed by atoms with Gasteiger partial charge in [0, 0.05) is 18.6 Å². The van der Waals surface area contributed by atoms with Gasteiger partial charge in [-0.05, 0) is 37.8 Å². The van der Waals surface area contributed by atoms with Crippen LogP contribution in [0.1, 0.15) is 36.0 Å². The lowest BCUT2D eigenvalue weighted by Crippen LogP contribution is -2.60. The van der Waals surface area contributed by atoms with E-state index < -0.39 is 0 Å². The number of morpholine rings is 1. The van der Waals surface area contributed by atoms with Gasteiger partial charge in [-0.1, -0.05) is 6.07 Å². The second kappa shape index (κ2) is 5.93. The minimum atomic E-state index is -0.247. The van der Waals surface area contributed by atoms with Crippen molar-refractivity contribution >= 4 is 5.91 Å². The molecule has 3 fully saturated rings. The number of ether oxygens (including phenoxy) is 2. The maximum absolute atomic E-state index is 13.0. The average Bonchev–Trinajstić information content (AvgIpc) is 2.93. The molecule has 1 aromatic carbocycles. The van der Waals surface area contributed by atoms with Gasteiger partial charge >= 0.3 is 0 Å². The van der Waals surface area contributed by atoms with Crippen LogP contribution in [0.5, 0.6) is 11.5 Å². The third kappa shape index (κ3) is 2.63. The third-order valence-corrected chi connectivity index (χ3v) is 5.55. The van der Waals surface area contributed by atoms with Crippen LogP contribution in [-0.2, 0) is 4.74 Å². The first kappa shape index (κ1) is 15.7. The molecule has 3 atom stereocenters. The number of phenolic OH excluding ortho intramolecular Hbond substituents is 1. The van der Waals surface area contributed by atoms with Crippen LogP contribution in [0.2, 0.25) is 0 Å². The van der Waals surface area contributed by atoms with E-state index in [1.165, 1.54) is 26.0 Å². The van der Waals surface area contributed by atoms with Gasteiger partial charge in [0.1, 0.15) is 17.1 Å². The topological polar surface area (TPSA) is 71.0 Å². The van der Waals surface area contributed by atoms with Gasteiger partial charge in [-0.3, -0.25) is 4.79 Å². The van der Waals surface area contributed by atoms with Gasteiger partial charge in [0.25, 0.3) is 5.91 Å². The summed E-state index contributed by atoms with van der Waals surface area (Å²) in [6.45, 7) is 1.67. The van der Waals surface area contributed by atoms with Crippen LogP contribution >= 0.6 is 0 Å². The summed E-state index contributed by atoms with van der Waals surface area (Å²) in [4.78, 5) is 14.8. The quantitative estimate of drug-likeness (QED) is 0.859. The van der Waals surface area contributed by atoms with E-state index >= 15 is 0 Å². The molecule has 3 heterocycles. The molecule has 6 heteroatoms. The Bertz CT molecular complexity index is 636. The summed E-state index contributed by atoms with van der Waals surface area (Å²) in [6.07, 6.45) is 4.28. The predicted molar refractivity (Wildman–Crippen MR) is 88.4 cm³/mol. The maximum Gasteiger partial charge on any atom is 0.261 e. The number of hydrogen-bond acceptors (Lipinski definition) is 5. The first-order chi connectivity index (χ1) is 11.6. The Morgan fingerprint density at radius 3 is 2.83 bits per heavy atom. The van der Waals surface area contributed by atoms with Crippen molar-refractivity contribution in [2.75, 3.05) is 26.8 Å². The van der Waals surface area contributed by atoms with Crippen LogP contribution in [0, 0.1) is 0 Å². The van der Waals surface area contributed by atoms with Crippen molar-refractivity contribution in [3.05, 3.63) is 23.8 Å². The van der Waals surface area contributed by atoms with Crippen LogP contribution in [0.4, 0.5) is 0 Å². The summed E-state index contributed by atoms with van der Waals surface area (Å²) in [5.41, 5.74) is -0.00299. The van der Waals surface area contributed by atoms with E-state index in [1.54, 1.807) is 12.1 Å². The molecule has 130 valence electrons. The van der Waals surface area contributed by atoms with Gasteiger partial charge in [-0.15, -0.1) is 0 Å². The van der Waals surface area contributed by atoms with Crippen LogP contribution in [-0.4, -0.2) is 60.4 Å². The van der Waals surface area contributed by atoms with E-state index in [-0.39, 0.29) is 22.8 Å². The second-order valence-corrected chi connectivity index (χ2v) is 7.16. The van der Waals surface area contributed by atoms with E-state index in [4.69, 9.17) is 9.47 Å². The molecule has 0 aliphatic carbocycles. The van der Waals surface area contributed by atoms with Crippen LogP contribution in [0.3, 0.4) is 0 Å². The van der Waals surface area contributed by atoms with Crippen LogP contribution in [0.15, 0.2) is 18.2 Å².